The molecular weight excluding hydrogens is 744 g/mol. The van der Waals surface area contributed by atoms with Gasteiger partial charge < -0.3 is 33.5 Å². The number of carbonyl (C=O) groups is 5. The molecule has 3 aromatic carbocycles. The molecule has 4 unspecified atom stereocenters. The number of para-hydroxylation sites is 1. The van der Waals surface area contributed by atoms with Gasteiger partial charge >= 0.3 is 29.8 Å². The van der Waals surface area contributed by atoms with Crippen LogP contribution in [0.25, 0.3) is 0 Å². The van der Waals surface area contributed by atoms with Crippen LogP contribution in [-0.4, -0.2) is 67.0 Å². The van der Waals surface area contributed by atoms with Gasteiger partial charge in [0.2, 0.25) is 0 Å². The topological polar surface area (TPSA) is 161 Å². The van der Waals surface area contributed by atoms with E-state index in [0.29, 0.717) is 17.9 Å². The van der Waals surface area contributed by atoms with E-state index in [0.717, 1.165) is 11.1 Å². The molecule has 0 aliphatic heterocycles. The van der Waals surface area contributed by atoms with Gasteiger partial charge in [-0.1, -0.05) is 74.5 Å². The van der Waals surface area contributed by atoms with Gasteiger partial charge in [0.25, 0.3) is 0 Å². The van der Waals surface area contributed by atoms with Crippen LogP contribution in [0.15, 0.2) is 84.9 Å². The molecule has 3 rings (SSSR count). The van der Waals surface area contributed by atoms with Crippen molar-refractivity contribution in [2.45, 2.75) is 105 Å². The number of carboxylic acid groups (broad SMARTS) is 1. The molecular formula is C46H60O12. The van der Waals surface area contributed by atoms with Gasteiger partial charge in [0.1, 0.15) is 50.1 Å². The van der Waals surface area contributed by atoms with Crippen LogP contribution in [0.2, 0.25) is 0 Å². The molecule has 0 aliphatic rings. The predicted molar refractivity (Wildman–Crippen MR) is 217 cm³/mol. The first-order valence-corrected chi connectivity index (χ1v) is 19.8. The van der Waals surface area contributed by atoms with E-state index < -0.39 is 46.6 Å². The van der Waals surface area contributed by atoms with Crippen LogP contribution in [0.5, 0.6) is 11.5 Å². The average molecular weight is 805 g/mol. The largest absolute Gasteiger partial charge is 0.490 e. The minimum absolute atomic E-state index is 0.000684. The SMILES string of the molecule is CCC(C)(CC(C)(CC(CC(C)c1ccc(OC(C)(C)C)cc1)C(=O)OCCOC(=O)CCC(=O)O)C(=O)OCc1ccccc1)C(=O)OCCOc1ccccc1. The fourth-order valence-corrected chi connectivity index (χ4v) is 6.60. The van der Waals surface area contributed by atoms with E-state index >= 15 is 0 Å². The number of carboxylic acids is 1. The molecule has 0 aromatic heterocycles. The predicted octanol–water partition coefficient (Wildman–Crippen LogP) is 8.49. The van der Waals surface area contributed by atoms with Gasteiger partial charge in [0.05, 0.1) is 29.6 Å². The molecule has 4 atom stereocenters. The van der Waals surface area contributed by atoms with Crippen molar-refractivity contribution < 1.29 is 57.5 Å². The first-order valence-electron chi connectivity index (χ1n) is 19.8. The van der Waals surface area contributed by atoms with Crippen LogP contribution in [0.4, 0.5) is 0 Å². The van der Waals surface area contributed by atoms with Gasteiger partial charge in [0.15, 0.2) is 0 Å². The number of ether oxygens (including phenoxy) is 6. The average Bonchev–Trinajstić information content (AvgIpc) is 3.19. The van der Waals surface area contributed by atoms with Crippen LogP contribution >= 0.6 is 0 Å². The third-order valence-corrected chi connectivity index (χ3v) is 9.76. The maximum atomic E-state index is 14.3. The maximum Gasteiger partial charge on any atom is 0.312 e. The fraction of sp³-hybridized carbons (Fsp3) is 0.500. The lowest BCUT2D eigenvalue weighted by Gasteiger charge is -2.38. The number of hydrogen-bond donors (Lipinski definition) is 1. The quantitative estimate of drug-likeness (QED) is 0.0523. The van der Waals surface area contributed by atoms with Gasteiger partial charge in [-0.15, -0.1) is 0 Å². The van der Waals surface area contributed by atoms with Crippen LogP contribution in [0.1, 0.15) is 104 Å². The highest BCUT2D eigenvalue weighted by Gasteiger charge is 2.48. The van der Waals surface area contributed by atoms with E-state index in [9.17, 15) is 24.0 Å². The monoisotopic (exact) mass is 804 g/mol. The van der Waals surface area contributed by atoms with Crippen LogP contribution in [0.3, 0.4) is 0 Å². The minimum Gasteiger partial charge on any atom is -0.490 e. The molecule has 0 saturated carbocycles. The fourth-order valence-electron chi connectivity index (χ4n) is 6.60. The van der Waals surface area contributed by atoms with E-state index in [-0.39, 0.29) is 76.7 Å². The Balaban J connectivity index is 1.88. The van der Waals surface area contributed by atoms with E-state index in [2.05, 4.69) is 0 Å². The summed E-state index contributed by atoms with van der Waals surface area (Å²) < 4.78 is 34.1. The molecule has 3 aromatic rings. The zero-order valence-electron chi connectivity index (χ0n) is 35.0. The minimum atomic E-state index is -1.38. The first-order chi connectivity index (χ1) is 27.4. The summed E-state index contributed by atoms with van der Waals surface area (Å²) in [4.78, 5) is 64.9. The van der Waals surface area contributed by atoms with E-state index in [4.69, 9.17) is 33.5 Å². The summed E-state index contributed by atoms with van der Waals surface area (Å²) in [6, 6.07) is 26.0. The number of hydrogen-bond acceptors (Lipinski definition) is 11. The lowest BCUT2D eigenvalue weighted by atomic mass is 9.67. The zero-order chi connectivity index (χ0) is 42.8. The summed E-state index contributed by atoms with van der Waals surface area (Å²) in [5.74, 6) is -3.30. The first kappa shape index (κ1) is 47.0. The highest BCUT2D eigenvalue weighted by Crippen LogP contribution is 2.44. The molecule has 58 heavy (non-hydrogen) atoms. The van der Waals surface area contributed by atoms with Crippen molar-refractivity contribution in [3.05, 3.63) is 96.1 Å². The van der Waals surface area contributed by atoms with Crippen LogP contribution < -0.4 is 9.47 Å². The normalized spacial score (nSPS) is 14.4. The lowest BCUT2D eigenvalue weighted by molar-refractivity contribution is -0.168. The summed E-state index contributed by atoms with van der Waals surface area (Å²) in [6.45, 7) is 12.7. The van der Waals surface area contributed by atoms with Crippen molar-refractivity contribution in [2.75, 3.05) is 26.4 Å². The van der Waals surface area contributed by atoms with Gasteiger partial charge in [-0.3, -0.25) is 24.0 Å². The molecule has 0 bridgehead atoms. The number of rotatable bonds is 24. The molecule has 0 radical (unpaired) electrons. The second kappa shape index (κ2) is 22.5. The molecule has 316 valence electrons. The molecule has 0 heterocycles. The molecule has 0 spiro atoms. The second-order valence-corrected chi connectivity index (χ2v) is 16.1. The standard InChI is InChI=1S/C46H60O12/c1-8-45(6,42(51)56-28-25-53-37-17-13-10-14-18-37)32-46(7,43(52)57-31-34-15-11-9-12-16-34)30-36(41(50)55-27-26-54-40(49)24-23-39(47)48)29-33(2)35-19-21-38(22-20-35)58-44(3,4)5/h9-22,33,36H,8,23-32H2,1-7H3,(H,47,48). The number of aliphatic carboxylic acids is 1. The van der Waals surface area contributed by atoms with E-state index in [1.165, 1.54) is 0 Å². The molecule has 0 amide bonds. The van der Waals surface area contributed by atoms with Crippen molar-refractivity contribution in [3.8, 4) is 11.5 Å². The number of esters is 4. The van der Waals surface area contributed by atoms with Gasteiger partial charge in [-0.25, -0.2) is 0 Å². The Bertz CT molecular complexity index is 1750. The number of benzene rings is 3. The molecule has 0 saturated heterocycles. The highest BCUT2D eigenvalue weighted by molar-refractivity contribution is 5.82. The Morgan fingerprint density at radius 1 is 0.655 bits per heavy atom. The zero-order valence-corrected chi connectivity index (χ0v) is 35.0. The highest BCUT2D eigenvalue weighted by atomic mass is 16.6. The Hall–Kier alpha value is -5.39. The van der Waals surface area contributed by atoms with Crippen molar-refractivity contribution in [2.24, 2.45) is 16.7 Å². The van der Waals surface area contributed by atoms with Gasteiger partial charge in [-0.05, 0) is 102 Å². The summed E-state index contributed by atoms with van der Waals surface area (Å²) >= 11 is 0. The molecule has 0 aliphatic carbocycles. The Kier molecular flexibility index (Phi) is 18.2. The number of carbonyl (C=O) groups excluding carboxylic acids is 4. The molecule has 1 N–H and O–H groups in total. The second-order valence-electron chi connectivity index (χ2n) is 16.1. The van der Waals surface area contributed by atoms with Crippen LogP contribution in [0, 0.1) is 16.7 Å². The van der Waals surface area contributed by atoms with Gasteiger partial charge in [-0.2, -0.15) is 0 Å². The Morgan fingerprint density at radius 3 is 1.84 bits per heavy atom. The van der Waals surface area contributed by atoms with E-state index in [1.807, 2.05) is 107 Å². The van der Waals surface area contributed by atoms with Crippen molar-refractivity contribution >= 4 is 29.8 Å². The van der Waals surface area contributed by atoms with E-state index in [1.54, 1.807) is 26.0 Å². The summed E-state index contributed by atoms with van der Waals surface area (Å²) in [5.41, 5.74) is -1.21. The summed E-state index contributed by atoms with van der Waals surface area (Å²) in [7, 11) is 0. The van der Waals surface area contributed by atoms with Crippen LogP contribution in [-0.2, 0) is 49.5 Å². The van der Waals surface area contributed by atoms with Crippen molar-refractivity contribution in [3.63, 3.8) is 0 Å². The molecule has 0 fully saturated rings. The summed E-state index contributed by atoms with van der Waals surface area (Å²) in [5, 5.41) is 8.86. The van der Waals surface area contributed by atoms with Crippen molar-refractivity contribution in [1.29, 1.82) is 0 Å². The Labute approximate surface area is 342 Å². The lowest BCUT2D eigenvalue weighted by Crippen LogP contribution is -2.42. The van der Waals surface area contributed by atoms with Gasteiger partial charge in [0, 0.05) is 0 Å². The molecule has 12 heteroatoms. The third-order valence-electron chi connectivity index (χ3n) is 9.76. The molecule has 12 nitrogen and oxygen atoms in total. The van der Waals surface area contributed by atoms with Crippen molar-refractivity contribution in [1.82, 2.24) is 0 Å². The smallest absolute Gasteiger partial charge is 0.312 e. The Morgan fingerprint density at radius 2 is 1.24 bits per heavy atom. The third kappa shape index (κ3) is 16.2. The maximum absolute atomic E-state index is 14.3. The summed E-state index contributed by atoms with van der Waals surface area (Å²) in [6.07, 6.45) is -0.136.